The molecule has 48 valence electrons. The van der Waals surface area contributed by atoms with Crippen molar-refractivity contribution in [2.75, 3.05) is 6.54 Å². The van der Waals surface area contributed by atoms with Crippen molar-refractivity contribution in [1.82, 2.24) is 4.31 Å². The third kappa shape index (κ3) is 0.989. The van der Waals surface area contributed by atoms with Crippen molar-refractivity contribution >= 4 is 12.2 Å². The second-order valence-corrected chi connectivity index (χ2v) is 2.58. The van der Waals surface area contributed by atoms with Crippen molar-refractivity contribution < 1.29 is 4.18 Å². The first-order valence-electron chi connectivity index (χ1n) is 2.98. The molecule has 3 heteroatoms. The molecular formula is C5H11NOS. The van der Waals surface area contributed by atoms with Crippen molar-refractivity contribution in [3.05, 3.63) is 0 Å². The summed E-state index contributed by atoms with van der Waals surface area (Å²) in [6, 6.07) is 0. The SMILES string of the molecule is CCC1OSN1CC. The van der Waals surface area contributed by atoms with Gasteiger partial charge in [-0.05, 0) is 6.42 Å². The zero-order valence-electron chi connectivity index (χ0n) is 5.26. The lowest BCUT2D eigenvalue weighted by atomic mass is 10.4. The van der Waals surface area contributed by atoms with Crippen molar-refractivity contribution in [3.8, 4) is 0 Å². The van der Waals surface area contributed by atoms with Gasteiger partial charge in [0.05, 0.1) is 12.2 Å². The second kappa shape index (κ2) is 2.71. The molecule has 0 saturated carbocycles. The second-order valence-electron chi connectivity index (χ2n) is 1.77. The first-order chi connectivity index (χ1) is 3.88. The van der Waals surface area contributed by atoms with E-state index >= 15 is 0 Å². The first-order valence-corrected chi connectivity index (χ1v) is 3.68. The molecule has 1 aliphatic rings. The molecule has 0 N–H and O–H groups in total. The van der Waals surface area contributed by atoms with Crippen LogP contribution < -0.4 is 0 Å². The Hall–Kier alpha value is 0.270. The van der Waals surface area contributed by atoms with Crippen molar-refractivity contribution in [1.29, 1.82) is 0 Å². The fourth-order valence-corrected chi connectivity index (χ4v) is 1.41. The molecule has 0 amide bonds. The third-order valence-corrected chi connectivity index (χ3v) is 2.22. The van der Waals surface area contributed by atoms with E-state index in [-0.39, 0.29) is 0 Å². The Morgan fingerprint density at radius 1 is 1.62 bits per heavy atom. The molecule has 1 heterocycles. The van der Waals surface area contributed by atoms with Gasteiger partial charge >= 0.3 is 0 Å². The summed E-state index contributed by atoms with van der Waals surface area (Å²) in [6.45, 7) is 5.36. The summed E-state index contributed by atoms with van der Waals surface area (Å²) in [7, 11) is 0. The van der Waals surface area contributed by atoms with Gasteiger partial charge in [-0.3, -0.25) is 4.18 Å². The summed E-state index contributed by atoms with van der Waals surface area (Å²) in [5.74, 6) is 0. The summed E-state index contributed by atoms with van der Waals surface area (Å²) < 4.78 is 7.35. The maximum Gasteiger partial charge on any atom is 0.137 e. The highest BCUT2D eigenvalue weighted by Gasteiger charge is 2.27. The molecule has 8 heavy (non-hydrogen) atoms. The van der Waals surface area contributed by atoms with Crippen LogP contribution in [0.5, 0.6) is 0 Å². The molecule has 0 aromatic rings. The van der Waals surface area contributed by atoms with Crippen LogP contribution in [0.3, 0.4) is 0 Å². The molecule has 0 spiro atoms. The van der Waals surface area contributed by atoms with E-state index in [0.717, 1.165) is 13.0 Å². The van der Waals surface area contributed by atoms with Crippen LogP contribution in [-0.2, 0) is 4.18 Å². The molecule has 1 aliphatic heterocycles. The van der Waals surface area contributed by atoms with E-state index in [2.05, 4.69) is 18.2 Å². The molecule has 1 fully saturated rings. The number of hydrogen-bond acceptors (Lipinski definition) is 3. The van der Waals surface area contributed by atoms with Crippen LogP contribution in [-0.4, -0.2) is 17.1 Å². The van der Waals surface area contributed by atoms with Gasteiger partial charge < -0.3 is 0 Å². The van der Waals surface area contributed by atoms with E-state index in [0.29, 0.717) is 6.23 Å². The molecule has 1 saturated heterocycles. The molecule has 1 atom stereocenters. The van der Waals surface area contributed by atoms with E-state index in [9.17, 15) is 0 Å². The monoisotopic (exact) mass is 133 g/mol. The smallest absolute Gasteiger partial charge is 0.137 e. The Labute approximate surface area is 54.5 Å². The quantitative estimate of drug-likeness (QED) is 0.419. The molecule has 0 bridgehead atoms. The van der Waals surface area contributed by atoms with Crippen molar-refractivity contribution in [2.24, 2.45) is 0 Å². The van der Waals surface area contributed by atoms with Crippen LogP contribution >= 0.6 is 12.2 Å². The average molecular weight is 133 g/mol. The van der Waals surface area contributed by atoms with Gasteiger partial charge in [-0.1, -0.05) is 13.8 Å². The van der Waals surface area contributed by atoms with Gasteiger partial charge in [0.15, 0.2) is 0 Å². The van der Waals surface area contributed by atoms with Gasteiger partial charge in [-0.25, -0.2) is 0 Å². The Bertz CT molecular complexity index is 64.8. The highest BCUT2D eigenvalue weighted by molar-refractivity contribution is 7.93. The Kier molecular flexibility index (Phi) is 2.16. The maximum absolute atomic E-state index is 5.13. The lowest BCUT2D eigenvalue weighted by molar-refractivity contribution is 0.0484. The topological polar surface area (TPSA) is 12.5 Å². The number of rotatable bonds is 2. The minimum atomic E-state index is 0.394. The van der Waals surface area contributed by atoms with Crippen LogP contribution in [0.25, 0.3) is 0 Å². The minimum Gasteiger partial charge on any atom is -0.281 e. The fourth-order valence-electron chi connectivity index (χ4n) is 0.693. The van der Waals surface area contributed by atoms with Crippen LogP contribution in [0.15, 0.2) is 0 Å². The fraction of sp³-hybridized carbons (Fsp3) is 1.00. The van der Waals surface area contributed by atoms with E-state index in [4.69, 9.17) is 4.18 Å². The molecule has 0 aliphatic carbocycles. The highest BCUT2D eigenvalue weighted by atomic mass is 32.2. The third-order valence-electron chi connectivity index (χ3n) is 1.23. The molecule has 0 aromatic heterocycles. The summed E-state index contributed by atoms with van der Waals surface area (Å²) in [5.41, 5.74) is 0. The highest BCUT2D eigenvalue weighted by Crippen LogP contribution is 2.31. The normalized spacial score (nSPS) is 30.0. The standard InChI is InChI=1S/C5H11NOS/c1-3-5-6(4-2)8-7-5/h5H,3-4H2,1-2H3. The van der Waals surface area contributed by atoms with Crippen molar-refractivity contribution in [2.45, 2.75) is 26.5 Å². The zero-order valence-corrected chi connectivity index (χ0v) is 6.07. The molecule has 0 aromatic carbocycles. The minimum absolute atomic E-state index is 0.394. The predicted octanol–water partition coefficient (Wildman–Crippen LogP) is 1.64. The van der Waals surface area contributed by atoms with Crippen LogP contribution in [0.2, 0.25) is 0 Å². The first kappa shape index (κ1) is 6.39. The van der Waals surface area contributed by atoms with Gasteiger partial charge in [0.25, 0.3) is 0 Å². The largest absolute Gasteiger partial charge is 0.281 e. The Morgan fingerprint density at radius 2 is 2.38 bits per heavy atom. The van der Waals surface area contributed by atoms with E-state index in [1.54, 1.807) is 0 Å². The summed E-state index contributed by atoms with van der Waals surface area (Å²) in [6.07, 6.45) is 1.49. The number of nitrogens with zero attached hydrogens (tertiary/aromatic N) is 1. The summed E-state index contributed by atoms with van der Waals surface area (Å²) in [5, 5.41) is 0. The predicted molar refractivity (Wildman–Crippen MR) is 35.1 cm³/mol. The van der Waals surface area contributed by atoms with Gasteiger partial charge in [0.1, 0.15) is 6.23 Å². The molecule has 2 nitrogen and oxygen atoms in total. The molecule has 1 unspecified atom stereocenters. The lowest BCUT2D eigenvalue weighted by Gasteiger charge is -2.36. The van der Waals surface area contributed by atoms with Gasteiger partial charge in [-0.2, -0.15) is 4.31 Å². The van der Waals surface area contributed by atoms with Crippen LogP contribution in [0.4, 0.5) is 0 Å². The molecule has 1 rings (SSSR count). The average Bonchev–Trinajstić information content (AvgIpc) is 1.66. The van der Waals surface area contributed by atoms with Crippen LogP contribution in [0.1, 0.15) is 20.3 Å². The van der Waals surface area contributed by atoms with E-state index in [1.807, 2.05) is 0 Å². The maximum atomic E-state index is 5.13. The van der Waals surface area contributed by atoms with Gasteiger partial charge in [0.2, 0.25) is 0 Å². The summed E-state index contributed by atoms with van der Waals surface area (Å²) >= 11 is 1.47. The van der Waals surface area contributed by atoms with Gasteiger partial charge in [0, 0.05) is 6.54 Å². The van der Waals surface area contributed by atoms with Crippen molar-refractivity contribution in [3.63, 3.8) is 0 Å². The zero-order chi connectivity index (χ0) is 5.98. The summed E-state index contributed by atoms with van der Waals surface area (Å²) in [4.78, 5) is 0. The van der Waals surface area contributed by atoms with E-state index in [1.165, 1.54) is 12.2 Å². The Balaban J connectivity index is 2.16. The Morgan fingerprint density at radius 3 is 2.50 bits per heavy atom. The molecule has 0 radical (unpaired) electrons. The number of hydrogen-bond donors (Lipinski definition) is 0. The lowest BCUT2D eigenvalue weighted by Crippen LogP contribution is -2.38. The van der Waals surface area contributed by atoms with Crippen LogP contribution in [0, 0.1) is 0 Å². The van der Waals surface area contributed by atoms with E-state index < -0.39 is 0 Å². The van der Waals surface area contributed by atoms with Gasteiger partial charge in [-0.15, -0.1) is 0 Å². The molecular weight excluding hydrogens is 122 g/mol.